The second-order valence-corrected chi connectivity index (χ2v) is 11.8. The topological polar surface area (TPSA) is 51.6 Å². The minimum atomic E-state index is -2.05. The van der Waals surface area contributed by atoms with Crippen molar-refractivity contribution in [2.75, 3.05) is 0 Å². The Morgan fingerprint density at radius 3 is 1.14 bits per heavy atom. The first-order valence-corrected chi connectivity index (χ1v) is 14.9. The van der Waals surface area contributed by atoms with Crippen LogP contribution in [0.3, 0.4) is 0 Å². The predicted molar refractivity (Wildman–Crippen MR) is 145 cm³/mol. The zero-order chi connectivity index (χ0) is 30.3. The average molecular weight is 631 g/mol. The van der Waals surface area contributed by atoms with Crippen LogP contribution in [0.1, 0.15) is 62.4 Å². The Bertz CT molecular complexity index is 1690. The summed E-state index contributed by atoms with van der Waals surface area (Å²) in [6.45, 7) is 3.93. The monoisotopic (exact) mass is 630 g/mol. The molecule has 0 unspecified atom stereocenters. The van der Waals surface area contributed by atoms with Crippen LogP contribution >= 0.6 is 22.7 Å². The summed E-state index contributed by atoms with van der Waals surface area (Å²) in [4.78, 5) is 0. The molecular weight excluding hydrogens is 608 g/mol. The van der Waals surface area contributed by atoms with Gasteiger partial charge in [-0.2, -0.15) is 0 Å². The van der Waals surface area contributed by atoms with Crippen LogP contribution in [0.2, 0.25) is 0 Å². The summed E-state index contributed by atoms with van der Waals surface area (Å²) in [5, 5.41) is 8.56. The van der Waals surface area contributed by atoms with Gasteiger partial charge >= 0.3 is 0 Å². The van der Waals surface area contributed by atoms with Gasteiger partial charge in [-0.25, -0.2) is 35.1 Å². The lowest BCUT2D eigenvalue weighted by atomic mass is 9.96. The number of aromatic nitrogens is 4. The van der Waals surface area contributed by atoms with Gasteiger partial charge in [0.05, 0.1) is 32.7 Å². The van der Waals surface area contributed by atoms with Crippen molar-refractivity contribution in [1.29, 1.82) is 0 Å². The van der Waals surface area contributed by atoms with Crippen LogP contribution in [0.15, 0.2) is 0 Å². The van der Waals surface area contributed by atoms with Crippen molar-refractivity contribution in [2.24, 2.45) is 0 Å². The third kappa shape index (κ3) is 5.01. The molecule has 0 amide bonds. The predicted octanol–water partition coefficient (Wildman–Crippen LogP) is 9.61. The van der Waals surface area contributed by atoms with Crippen LogP contribution in [0, 0.1) is 46.5 Å². The summed E-state index contributed by atoms with van der Waals surface area (Å²) in [5.41, 5.74) is -2.31. The Labute approximate surface area is 242 Å². The van der Waals surface area contributed by atoms with E-state index in [1.165, 1.54) is 0 Å². The zero-order valence-electron chi connectivity index (χ0n) is 22.3. The average Bonchev–Trinajstić information content (AvgIpc) is 3.62. The maximum absolute atomic E-state index is 15.7. The largest absolute Gasteiger partial charge is 0.205 e. The van der Waals surface area contributed by atoms with Gasteiger partial charge < -0.3 is 0 Å². The van der Waals surface area contributed by atoms with Gasteiger partial charge in [-0.1, -0.05) is 62.2 Å². The minimum absolute atomic E-state index is 0.371. The third-order valence-corrected chi connectivity index (χ3v) is 8.87. The highest BCUT2D eigenvalue weighted by Gasteiger charge is 2.34. The van der Waals surface area contributed by atoms with Crippen LogP contribution in [0.5, 0.6) is 0 Å². The van der Waals surface area contributed by atoms with Gasteiger partial charge in [0.1, 0.15) is 33.3 Å². The highest BCUT2D eigenvalue weighted by molar-refractivity contribution is 7.15. The molecule has 0 atom stereocenters. The summed E-state index contributed by atoms with van der Waals surface area (Å²) in [7, 11) is 0. The number of nitrogens with zero attached hydrogens (tertiary/aromatic N) is 4. The molecule has 4 nitrogen and oxygen atoms in total. The van der Waals surface area contributed by atoms with Crippen LogP contribution in [-0.4, -0.2) is 20.4 Å². The SMILES string of the molecule is CCCCCc1nnc(-c2c(F)c(F)c3c(F)c4c(F)c(-c5nnc(CCCCC)s5)c(F)c(F)c4c(F)c3c2F)s1. The number of hydrogen-bond acceptors (Lipinski definition) is 6. The molecule has 42 heavy (non-hydrogen) atoms. The molecule has 0 fully saturated rings. The molecule has 0 aliphatic carbocycles. The third-order valence-electron chi connectivity index (χ3n) is 6.87. The van der Waals surface area contributed by atoms with E-state index < -0.39 is 89.2 Å². The fourth-order valence-electron chi connectivity index (χ4n) is 4.73. The fraction of sp³-hybridized carbons (Fsp3) is 0.357. The minimum Gasteiger partial charge on any atom is -0.205 e. The summed E-state index contributed by atoms with van der Waals surface area (Å²) in [5.74, 6) is -15.6. The number of hydrogen-bond donors (Lipinski definition) is 0. The molecule has 0 aliphatic rings. The van der Waals surface area contributed by atoms with Gasteiger partial charge in [0.25, 0.3) is 0 Å². The van der Waals surface area contributed by atoms with E-state index in [4.69, 9.17) is 0 Å². The summed E-state index contributed by atoms with van der Waals surface area (Å²) in [6, 6.07) is 0. The quantitative estimate of drug-likeness (QED) is 0.0668. The molecule has 5 aromatic rings. The standard InChI is InChI=1S/C28H22F8N4S2/c1-3-5-7-9-11-37-39-27(41-11)17-21(31)13-15(23(33)25(17)35)20(30)14-16(19(13)29)24(34)26(36)18(22(14)32)28-40-38-12(42-28)10-8-6-4-2/h3-10H2,1-2H3. The Kier molecular flexibility index (Phi) is 8.74. The summed E-state index contributed by atoms with van der Waals surface area (Å²) in [6.07, 6.45) is 5.71. The lowest BCUT2D eigenvalue weighted by Crippen LogP contribution is -2.06. The molecule has 0 saturated carbocycles. The molecule has 0 radical (unpaired) electrons. The van der Waals surface area contributed by atoms with Crippen molar-refractivity contribution in [3.63, 3.8) is 0 Å². The molecule has 0 saturated heterocycles. The van der Waals surface area contributed by atoms with Crippen LogP contribution in [0.4, 0.5) is 35.1 Å². The summed E-state index contributed by atoms with van der Waals surface area (Å²) < 4.78 is 124. The molecule has 5 rings (SSSR count). The number of halogens is 8. The van der Waals surface area contributed by atoms with Crippen LogP contribution in [0.25, 0.3) is 42.7 Å². The Hall–Kier alpha value is -3.26. The summed E-state index contributed by atoms with van der Waals surface area (Å²) >= 11 is 1.44. The number of aryl methyl sites for hydroxylation is 2. The molecule has 0 aliphatic heterocycles. The first-order chi connectivity index (χ1) is 20.1. The van der Waals surface area contributed by atoms with Gasteiger partial charge in [0.2, 0.25) is 0 Å². The molecule has 2 heterocycles. The van der Waals surface area contributed by atoms with Crippen LogP contribution in [-0.2, 0) is 12.8 Å². The zero-order valence-corrected chi connectivity index (χ0v) is 23.9. The Morgan fingerprint density at radius 2 is 0.786 bits per heavy atom. The van der Waals surface area contributed by atoms with E-state index in [1.807, 2.05) is 13.8 Å². The highest BCUT2D eigenvalue weighted by Crippen LogP contribution is 2.44. The lowest BCUT2D eigenvalue weighted by Gasteiger charge is -2.15. The van der Waals surface area contributed by atoms with E-state index in [2.05, 4.69) is 20.4 Å². The van der Waals surface area contributed by atoms with Crippen molar-refractivity contribution < 1.29 is 35.1 Å². The van der Waals surface area contributed by atoms with Gasteiger partial charge in [-0.05, 0) is 12.8 Å². The van der Waals surface area contributed by atoms with Crippen molar-refractivity contribution >= 4 is 44.2 Å². The van der Waals surface area contributed by atoms with Crippen LogP contribution < -0.4 is 0 Å². The Morgan fingerprint density at radius 1 is 0.429 bits per heavy atom. The van der Waals surface area contributed by atoms with E-state index in [0.717, 1.165) is 48.4 Å². The fourth-order valence-corrected chi connectivity index (χ4v) is 6.56. The molecule has 0 spiro atoms. The molecule has 14 heteroatoms. The van der Waals surface area contributed by atoms with E-state index in [1.54, 1.807) is 0 Å². The molecule has 0 N–H and O–H groups in total. The van der Waals surface area contributed by atoms with E-state index >= 15 is 35.1 Å². The van der Waals surface area contributed by atoms with Crippen molar-refractivity contribution in [1.82, 2.24) is 20.4 Å². The lowest BCUT2D eigenvalue weighted by molar-refractivity contribution is 0.495. The van der Waals surface area contributed by atoms with Crippen molar-refractivity contribution in [2.45, 2.75) is 65.2 Å². The number of benzene rings is 3. The smallest absolute Gasteiger partial charge is 0.172 e. The van der Waals surface area contributed by atoms with Gasteiger partial charge in [0, 0.05) is 12.8 Å². The highest BCUT2D eigenvalue weighted by atomic mass is 32.1. The number of rotatable bonds is 10. The van der Waals surface area contributed by atoms with Crippen molar-refractivity contribution in [3.8, 4) is 21.1 Å². The maximum Gasteiger partial charge on any atom is 0.172 e. The van der Waals surface area contributed by atoms with E-state index in [0.29, 0.717) is 35.7 Å². The normalized spacial score (nSPS) is 11.9. The molecule has 0 bridgehead atoms. The second kappa shape index (κ2) is 12.2. The molecule has 2 aromatic heterocycles. The number of fused-ring (bicyclic) bond motifs is 2. The van der Waals surface area contributed by atoms with E-state index in [-0.39, 0.29) is 0 Å². The van der Waals surface area contributed by atoms with Crippen molar-refractivity contribution in [3.05, 3.63) is 56.6 Å². The Balaban J connectivity index is 1.73. The molecule has 3 aromatic carbocycles. The maximum atomic E-state index is 15.7. The van der Waals surface area contributed by atoms with Gasteiger partial charge in [-0.15, -0.1) is 20.4 Å². The number of unbranched alkanes of at least 4 members (excludes halogenated alkanes) is 4. The van der Waals surface area contributed by atoms with E-state index in [9.17, 15) is 0 Å². The molecule has 222 valence electrons. The second-order valence-electron chi connectivity index (χ2n) is 9.68. The molecular formula is C28H22F8N4S2. The first kappa shape index (κ1) is 30.2. The first-order valence-electron chi connectivity index (χ1n) is 13.2. The van der Waals surface area contributed by atoms with Gasteiger partial charge in [-0.3, -0.25) is 0 Å². The van der Waals surface area contributed by atoms with Gasteiger partial charge in [0.15, 0.2) is 33.3 Å².